The van der Waals surface area contributed by atoms with E-state index < -0.39 is 23.9 Å². The van der Waals surface area contributed by atoms with E-state index in [1.54, 1.807) is 24.3 Å². The number of nitrogens with zero attached hydrogens (tertiary/aromatic N) is 4. The minimum atomic E-state index is -1.29. The van der Waals surface area contributed by atoms with E-state index >= 15 is 0 Å². The van der Waals surface area contributed by atoms with E-state index in [4.69, 9.17) is 16.6 Å². The van der Waals surface area contributed by atoms with Gasteiger partial charge in [0.25, 0.3) is 5.91 Å². The van der Waals surface area contributed by atoms with Gasteiger partial charge in [0.05, 0.1) is 6.20 Å². The van der Waals surface area contributed by atoms with Gasteiger partial charge in [-0.3, -0.25) is 9.59 Å². The number of carbonyl (C=O) groups is 3. The van der Waals surface area contributed by atoms with Gasteiger partial charge >= 0.3 is 11.9 Å². The van der Waals surface area contributed by atoms with Gasteiger partial charge in [-0.2, -0.15) is 9.97 Å². The van der Waals surface area contributed by atoms with E-state index in [2.05, 4.69) is 37.1 Å². The smallest absolute Gasteiger partial charge is 0.326 e. The molecule has 0 aliphatic carbocycles. The van der Waals surface area contributed by atoms with Crippen molar-refractivity contribution in [2.24, 2.45) is 0 Å². The summed E-state index contributed by atoms with van der Waals surface area (Å²) in [6, 6.07) is 5.38. The Labute approximate surface area is 199 Å². The van der Waals surface area contributed by atoms with Crippen LogP contribution in [0.2, 0.25) is 0 Å². The minimum absolute atomic E-state index is 0.0142. The van der Waals surface area contributed by atoms with Crippen LogP contribution >= 0.6 is 0 Å². The van der Waals surface area contributed by atoms with Crippen molar-refractivity contribution in [3.05, 3.63) is 47.3 Å². The highest BCUT2D eigenvalue weighted by Gasteiger charge is 2.21. The first kappa shape index (κ1) is 24.8. The summed E-state index contributed by atoms with van der Waals surface area (Å²) in [6.45, 7) is 1.97. The molecule has 2 atom stereocenters. The lowest BCUT2D eigenvalue weighted by atomic mass is 9.97. The van der Waals surface area contributed by atoms with Crippen LogP contribution in [-0.2, 0) is 9.59 Å². The second-order valence-electron chi connectivity index (χ2n) is 7.72. The average Bonchev–Trinajstić information content (AvgIpc) is 2.81. The number of rotatable bonds is 8. The Balaban J connectivity index is 1.62. The van der Waals surface area contributed by atoms with Crippen LogP contribution in [-0.4, -0.2) is 54.0 Å². The van der Waals surface area contributed by atoms with Crippen molar-refractivity contribution in [3.63, 3.8) is 0 Å². The van der Waals surface area contributed by atoms with Gasteiger partial charge in [0.2, 0.25) is 5.95 Å². The highest BCUT2D eigenvalue weighted by atomic mass is 16.4. The van der Waals surface area contributed by atoms with E-state index in [1.807, 2.05) is 6.92 Å². The molecule has 12 heteroatoms. The molecular weight excluding hydrogens is 454 g/mol. The van der Waals surface area contributed by atoms with Crippen LogP contribution in [0.5, 0.6) is 0 Å². The van der Waals surface area contributed by atoms with Gasteiger partial charge in [0.1, 0.15) is 11.7 Å². The third-order valence-corrected chi connectivity index (χ3v) is 5.07. The number of hydrogen-bond acceptors (Lipinski definition) is 9. The molecule has 0 aliphatic rings. The molecule has 35 heavy (non-hydrogen) atoms. The van der Waals surface area contributed by atoms with Gasteiger partial charge < -0.3 is 27.0 Å². The minimum Gasteiger partial charge on any atom is -0.481 e. The maximum absolute atomic E-state index is 12.4. The molecule has 0 saturated heterocycles. The van der Waals surface area contributed by atoms with Crippen molar-refractivity contribution in [1.82, 2.24) is 25.3 Å². The number of nitrogens with two attached hydrogens (primary N) is 2. The van der Waals surface area contributed by atoms with Gasteiger partial charge in [0, 0.05) is 18.4 Å². The molecule has 0 radical (unpaired) electrons. The number of carboxylic acid groups (broad SMARTS) is 2. The molecule has 2 heterocycles. The first-order valence-electron chi connectivity index (χ1n) is 10.5. The lowest BCUT2D eigenvalue weighted by Gasteiger charge is -2.14. The third kappa shape index (κ3) is 6.61. The summed E-state index contributed by atoms with van der Waals surface area (Å²) in [6.07, 6.45) is 1.39. The highest BCUT2D eigenvalue weighted by Crippen LogP contribution is 2.19. The Kier molecular flexibility index (Phi) is 7.73. The van der Waals surface area contributed by atoms with Gasteiger partial charge in [-0.1, -0.05) is 25.0 Å². The lowest BCUT2D eigenvalue weighted by Crippen LogP contribution is -2.41. The maximum atomic E-state index is 12.4. The Morgan fingerprint density at radius 3 is 2.46 bits per heavy atom. The number of aromatic nitrogens is 4. The average molecular weight is 477 g/mol. The van der Waals surface area contributed by atoms with Crippen LogP contribution in [0, 0.1) is 11.8 Å². The van der Waals surface area contributed by atoms with E-state index in [-0.39, 0.29) is 41.7 Å². The van der Waals surface area contributed by atoms with Crippen molar-refractivity contribution in [1.29, 1.82) is 0 Å². The van der Waals surface area contributed by atoms with Crippen molar-refractivity contribution in [3.8, 4) is 11.8 Å². The first-order chi connectivity index (χ1) is 16.6. The molecular formula is C23H23N7O5. The molecule has 12 nitrogen and oxygen atoms in total. The van der Waals surface area contributed by atoms with E-state index in [1.165, 1.54) is 6.20 Å². The number of nitrogen functional groups attached to an aromatic ring is 2. The number of hydrogen-bond donors (Lipinski definition) is 5. The van der Waals surface area contributed by atoms with Gasteiger partial charge in [0.15, 0.2) is 17.0 Å². The van der Waals surface area contributed by atoms with Crippen molar-refractivity contribution in [2.75, 3.05) is 11.5 Å². The van der Waals surface area contributed by atoms with E-state index in [0.29, 0.717) is 17.6 Å². The summed E-state index contributed by atoms with van der Waals surface area (Å²) in [5, 5.41) is 20.3. The Morgan fingerprint density at radius 2 is 1.80 bits per heavy atom. The molecule has 1 unspecified atom stereocenters. The van der Waals surface area contributed by atoms with Crippen LogP contribution in [0.3, 0.4) is 0 Å². The fourth-order valence-electron chi connectivity index (χ4n) is 3.15. The van der Waals surface area contributed by atoms with Gasteiger partial charge in [-0.25, -0.2) is 14.8 Å². The van der Waals surface area contributed by atoms with Gasteiger partial charge in [-0.15, -0.1) is 0 Å². The van der Waals surface area contributed by atoms with Crippen LogP contribution in [0.4, 0.5) is 11.8 Å². The normalized spacial score (nSPS) is 12.3. The molecule has 0 spiro atoms. The monoisotopic (exact) mass is 477 g/mol. The topological polar surface area (TPSA) is 207 Å². The molecule has 0 saturated carbocycles. The zero-order chi connectivity index (χ0) is 25.5. The Bertz CT molecular complexity index is 1330. The van der Waals surface area contributed by atoms with Crippen molar-refractivity contribution >= 4 is 40.8 Å². The number of carboxylic acids is 2. The molecule has 2 aromatic heterocycles. The Morgan fingerprint density at radius 1 is 1.09 bits per heavy atom. The van der Waals surface area contributed by atoms with E-state index in [0.717, 1.165) is 5.56 Å². The Hall–Kier alpha value is -4.79. The number of anilines is 2. The van der Waals surface area contributed by atoms with Crippen LogP contribution in [0.15, 0.2) is 30.5 Å². The summed E-state index contributed by atoms with van der Waals surface area (Å²) >= 11 is 0. The molecule has 0 fully saturated rings. The second-order valence-corrected chi connectivity index (χ2v) is 7.72. The van der Waals surface area contributed by atoms with Crippen LogP contribution in [0.1, 0.15) is 53.7 Å². The fourth-order valence-corrected chi connectivity index (χ4v) is 3.15. The molecule has 0 aliphatic heterocycles. The van der Waals surface area contributed by atoms with Crippen LogP contribution < -0.4 is 16.8 Å². The predicted molar refractivity (Wildman–Crippen MR) is 126 cm³/mol. The summed E-state index contributed by atoms with van der Waals surface area (Å²) in [4.78, 5) is 50.6. The molecule has 0 bridgehead atoms. The van der Waals surface area contributed by atoms with Crippen molar-refractivity contribution in [2.45, 2.75) is 38.1 Å². The number of nitrogens with one attached hydrogen (secondary N) is 1. The number of amides is 1. The summed E-state index contributed by atoms with van der Waals surface area (Å²) in [5.41, 5.74) is 13.6. The molecule has 3 rings (SSSR count). The summed E-state index contributed by atoms with van der Waals surface area (Å²) < 4.78 is 0. The highest BCUT2D eigenvalue weighted by molar-refractivity contribution is 5.96. The molecule has 1 amide bonds. The number of aliphatic carboxylic acids is 2. The molecule has 3 aromatic rings. The van der Waals surface area contributed by atoms with Crippen molar-refractivity contribution < 1.29 is 24.6 Å². The molecule has 7 N–H and O–H groups in total. The zero-order valence-electron chi connectivity index (χ0n) is 18.7. The third-order valence-electron chi connectivity index (χ3n) is 5.07. The number of fused-ring (bicyclic) bond motifs is 1. The van der Waals surface area contributed by atoms with E-state index in [9.17, 15) is 19.5 Å². The number of benzene rings is 1. The summed E-state index contributed by atoms with van der Waals surface area (Å²) in [5.74, 6) is 3.12. The largest absolute Gasteiger partial charge is 0.481 e. The number of carbonyl (C=O) groups excluding carboxylic acids is 1. The second kappa shape index (κ2) is 10.9. The standard InChI is InChI=1S/C23H23N7O5/c1-12(3-2-4-15-11-26-20-18(27-15)19(24)29-23(25)30-20)13-5-7-14(8-6-13)21(33)28-16(22(34)35)9-10-17(31)32/h5-8,11-12,16H,3,9-10H2,1H3,(H,28,33)(H,31,32)(H,34,35)(H4,24,25,26,29,30)/t12?,16-/m0/s1. The quantitative estimate of drug-likeness (QED) is 0.291. The lowest BCUT2D eigenvalue weighted by molar-refractivity contribution is -0.140. The SMILES string of the molecule is CC(CC#Cc1cnc2nc(N)nc(N)c2n1)c1ccc(C(=O)N[C@@H](CCC(=O)O)C(=O)O)cc1. The fraction of sp³-hybridized carbons (Fsp3) is 0.261. The molecule has 180 valence electrons. The van der Waals surface area contributed by atoms with Crippen LogP contribution in [0.25, 0.3) is 11.2 Å². The van der Waals surface area contributed by atoms with Gasteiger partial charge in [-0.05, 0) is 36.0 Å². The molecule has 1 aromatic carbocycles. The maximum Gasteiger partial charge on any atom is 0.326 e. The predicted octanol–water partition coefficient (Wildman–Crippen LogP) is 1.18. The zero-order valence-corrected chi connectivity index (χ0v) is 18.7. The summed E-state index contributed by atoms with van der Waals surface area (Å²) in [7, 11) is 0. The first-order valence-corrected chi connectivity index (χ1v) is 10.5.